The minimum atomic E-state index is -0.185. The Morgan fingerprint density at radius 3 is 2.61 bits per heavy atom. The molecule has 1 aromatic carbocycles. The van der Waals surface area contributed by atoms with Gasteiger partial charge in [-0.15, -0.1) is 0 Å². The molecule has 2 aromatic rings. The van der Waals surface area contributed by atoms with Gasteiger partial charge < -0.3 is 15.6 Å². The number of nitrogens with zero attached hydrogens (tertiary/aromatic N) is 1. The largest absolute Gasteiger partial charge is 0.349 e. The van der Waals surface area contributed by atoms with Crippen molar-refractivity contribution in [3.05, 3.63) is 59.9 Å². The van der Waals surface area contributed by atoms with Crippen molar-refractivity contribution in [3.63, 3.8) is 0 Å². The maximum absolute atomic E-state index is 11.9. The Kier molecular flexibility index (Phi) is 3.79. The van der Waals surface area contributed by atoms with Crippen LogP contribution in [0, 0.1) is 0 Å². The van der Waals surface area contributed by atoms with Crippen molar-refractivity contribution in [2.24, 2.45) is 12.8 Å². The molecule has 94 valence electrons. The maximum atomic E-state index is 11.9. The molecule has 1 heterocycles. The summed E-state index contributed by atoms with van der Waals surface area (Å²) in [5.41, 5.74) is 7.67. The zero-order chi connectivity index (χ0) is 13.0. The fourth-order valence-electron chi connectivity index (χ4n) is 1.81. The number of nitrogens with two attached hydrogens (primary N) is 1. The Balaban J connectivity index is 1.93. The van der Waals surface area contributed by atoms with Crippen LogP contribution in [0.4, 0.5) is 0 Å². The number of amides is 1. The molecule has 1 atom stereocenters. The lowest BCUT2D eigenvalue weighted by Gasteiger charge is -2.13. The van der Waals surface area contributed by atoms with Crippen molar-refractivity contribution >= 4 is 5.91 Å². The van der Waals surface area contributed by atoms with E-state index in [-0.39, 0.29) is 11.9 Å². The second kappa shape index (κ2) is 5.51. The quantitative estimate of drug-likeness (QED) is 0.854. The SMILES string of the molecule is Cn1cccc1C(=O)NCC(N)c1ccccc1. The van der Waals surface area contributed by atoms with E-state index in [4.69, 9.17) is 5.73 Å². The number of carbonyl (C=O) groups is 1. The number of hydrogen-bond donors (Lipinski definition) is 2. The van der Waals surface area contributed by atoms with Crippen LogP contribution in [-0.2, 0) is 7.05 Å². The summed E-state index contributed by atoms with van der Waals surface area (Å²) in [5, 5.41) is 2.84. The fourth-order valence-corrected chi connectivity index (χ4v) is 1.81. The van der Waals surface area contributed by atoms with Gasteiger partial charge in [-0.1, -0.05) is 30.3 Å². The van der Waals surface area contributed by atoms with Crippen molar-refractivity contribution in [3.8, 4) is 0 Å². The highest BCUT2D eigenvalue weighted by Gasteiger charge is 2.11. The molecule has 3 N–H and O–H groups in total. The van der Waals surface area contributed by atoms with E-state index in [1.807, 2.05) is 49.6 Å². The highest BCUT2D eigenvalue weighted by molar-refractivity contribution is 5.92. The van der Waals surface area contributed by atoms with E-state index in [0.29, 0.717) is 12.2 Å². The maximum Gasteiger partial charge on any atom is 0.267 e. The lowest BCUT2D eigenvalue weighted by atomic mass is 10.1. The lowest BCUT2D eigenvalue weighted by molar-refractivity contribution is 0.0943. The van der Waals surface area contributed by atoms with Crippen LogP contribution in [0.3, 0.4) is 0 Å². The number of nitrogens with one attached hydrogen (secondary N) is 1. The molecule has 1 unspecified atom stereocenters. The van der Waals surface area contributed by atoms with Gasteiger partial charge in [-0.2, -0.15) is 0 Å². The average molecular weight is 243 g/mol. The second-order valence-electron chi connectivity index (χ2n) is 4.23. The van der Waals surface area contributed by atoms with Crippen molar-refractivity contribution in [2.75, 3.05) is 6.54 Å². The molecule has 0 saturated carbocycles. The third-order valence-corrected chi connectivity index (χ3v) is 2.89. The van der Waals surface area contributed by atoms with Crippen LogP contribution < -0.4 is 11.1 Å². The minimum Gasteiger partial charge on any atom is -0.349 e. The van der Waals surface area contributed by atoms with Crippen LogP contribution >= 0.6 is 0 Å². The van der Waals surface area contributed by atoms with E-state index < -0.39 is 0 Å². The molecular weight excluding hydrogens is 226 g/mol. The highest BCUT2D eigenvalue weighted by Crippen LogP contribution is 2.08. The van der Waals surface area contributed by atoms with Crippen LogP contribution in [0.1, 0.15) is 22.1 Å². The number of aromatic nitrogens is 1. The van der Waals surface area contributed by atoms with Crippen LogP contribution in [0.25, 0.3) is 0 Å². The molecule has 4 heteroatoms. The first kappa shape index (κ1) is 12.4. The molecular formula is C14H17N3O. The summed E-state index contributed by atoms with van der Waals surface area (Å²) in [6, 6.07) is 13.2. The molecule has 0 aliphatic carbocycles. The minimum absolute atomic E-state index is 0.103. The van der Waals surface area contributed by atoms with Gasteiger partial charge in [0, 0.05) is 25.8 Å². The van der Waals surface area contributed by atoms with Gasteiger partial charge in [0.1, 0.15) is 5.69 Å². The molecule has 0 fully saturated rings. The Bertz CT molecular complexity index is 519. The standard InChI is InChI=1S/C14H17N3O/c1-17-9-5-8-13(17)14(18)16-10-12(15)11-6-3-2-4-7-11/h2-9,12H,10,15H2,1H3,(H,16,18). The first-order valence-corrected chi connectivity index (χ1v) is 5.88. The molecule has 0 aliphatic heterocycles. The van der Waals surface area contributed by atoms with Gasteiger partial charge in [0.25, 0.3) is 5.91 Å². The second-order valence-corrected chi connectivity index (χ2v) is 4.23. The fraction of sp³-hybridized carbons (Fsp3) is 0.214. The Hall–Kier alpha value is -2.07. The van der Waals surface area contributed by atoms with Gasteiger partial charge in [0.15, 0.2) is 0 Å². The van der Waals surface area contributed by atoms with E-state index in [9.17, 15) is 4.79 Å². The van der Waals surface area contributed by atoms with Crippen LogP contribution in [0.5, 0.6) is 0 Å². The third kappa shape index (κ3) is 2.78. The summed E-state index contributed by atoms with van der Waals surface area (Å²) >= 11 is 0. The molecule has 0 spiro atoms. The molecule has 4 nitrogen and oxygen atoms in total. The van der Waals surface area contributed by atoms with Crippen molar-refractivity contribution in [1.29, 1.82) is 0 Å². The van der Waals surface area contributed by atoms with Crippen molar-refractivity contribution < 1.29 is 4.79 Å². The lowest BCUT2D eigenvalue weighted by Crippen LogP contribution is -2.32. The van der Waals surface area contributed by atoms with Crippen LogP contribution in [0.2, 0.25) is 0 Å². The first-order chi connectivity index (χ1) is 8.68. The van der Waals surface area contributed by atoms with E-state index >= 15 is 0 Å². The first-order valence-electron chi connectivity index (χ1n) is 5.88. The zero-order valence-corrected chi connectivity index (χ0v) is 10.3. The van der Waals surface area contributed by atoms with Gasteiger partial charge in [-0.25, -0.2) is 0 Å². The normalized spacial score (nSPS) is 12.1. The van der Waals surface area contributed by atoms with Gasteiger partial charge in [-0.05, 0) is 17.7 Å². The summed E-state index contributed by atoms with van der Waals surface area (Å²) in [5.74, 6) is -0.103. The Labute approximate surface area is 106 Å². The summed E-state index contributed by atoms with van der Waals surface area (Å²) in [7, 11) is 1.84. The molecule has 1 aromatic heterocycles. The van der Waals surface area contributed by atoms with Gasteiger partial charge in [0.05, 0.1) is 0 Å². The molecule has 2 rings (SSSR count). The predicted molar refractivity (Wildman–Crippen MR) is 71.1 cm³/mol. The number of aryl methyl sites for hydroxylation is 1. The molecule has 0 saturated heterocycles. The van der Waals surface area contributed by atoms with Crippen LogP contribution in [0.15, 0.2) is 48.7 Å². The number of rotatable bonds is 4. The topological polar surface area (TPSA) is 60.0 Å². The number of benzene rings is 1. The summed E-state index contributed by atoms with van der Waals surface area (Å²) in [6.45, 7) is 0.425. The van der Waals surface area contributed by atoms with E-state index in [0.717, 1.165) is 5.56 Å². The van der Waals surface area contributed by atoms with E-state index in [2.05, 4.69) is 5.32 Å². The van der Waals surface area contributed by atoms with E-state index in [1.54, 1.807) is 10.6 Å². The zero-order valence-electron chi connectivity index (χ0n) is 10.3. The number of hydrogen-bond acceptors (Lipinski definition) is 2. The summed E-state index contributed by atoms with van der Waals surface area (Å²) in [4.78, 5) is 11.9. The molecule has 1 amide bonds. The molecule has 0 radical (unpaired) electrons. The summed E-state index contributed by atoms with van der Waals surface area (Å²) in [6.07, 6.45) is 1.84. The molecule has 0 bridgehead atoms. The molecule has 0 aliphatic rings. The monoisotopic (exact) mass is 243 g/mol. The Morgan fingerprint density at radius 1 is 1.28 bits per heavy atom. The average Bonchev–Trinajstić information content (AvgIpc) is 2.83. The van der Waals surface area contributed by atoms with Crippen LogP contribution in [-0.4, -0.2) is 17.0 Å². The van der Waals surface area contributed by atoms with Gasteiger partial charge in [0.2, 0.25) is 0 Å². The number of carbonyl (C=O) groups excluding carboxylic acids is 1. The van der Waals surface area contributed by atoms with Gasteiger partial charge >= 0.3 is 0 Å². The predicted octanol–water partition coefficient (Wildman–Crippen LogP) is 1.45. The highest BCUT2D eigenvalue weighted by atomic mass is 16.1. The van der Waals surface area contributed by atoms with Crippen molar-refractivity contribution in [2.45, 2.75) is 6.04 Å². The third-order valence-electron chi connectivity index (χ3n) is 2.89. The molecule has 18 heavy (non-hydrogen) atoms. The van der Waals surface area contributed by atoms with Gasteiger partial charge in [-0.3, -0.25) is 4.79 Å². The van der Waals surface area contributed by atoms with Crippen molar-refractivity contribution in [1.82, 2.24) is 9.88 Å². The Morgan fingerprint density at radius 2 is 2.00 bits per heavy atom. The van der Waals surface area contributed by atoms with E-state index in [1.165, 1.54) is 0 Å². The summed E-state index contributed by atoms with van der Waals surface area (Å²) < 4.78 is 1.78. The smallest absolute Gasteiger partial charge is 0.267 e.